The average molecular weight is 317 g/mol. The minimum Gasteiger partial charge on any atom is -0.368 e. The zero-order valence-corrected chi connectivity index (χ0v) is 13.5. The number of carbonyl (C=O) groups is 2. The van der Waals surface area contributed by atoms with Crippen LogP contribution >= 0.6 is 0 Å². The molecule has 1 fully saturated rings. The lowest BCUT2D eigenvalue weighted by molar-refractivity contribution is -0.127. The van der Waals surface area contributed by atoms with Gasteiger partial charge in [-0.3, -0.25) is 14.4 Å². The third-order valence-corrected chi connectivity index (χ3v) is 5.40. The lowest BCUT2D eigenvalue weighted by Crippen LogP contribution is -2.57. The van der Waals surface area contributed by atoms with E-state index in [1.54, 1.807) is 13.1 Å². The molecule has 3 rings (SSSR count). The third-order valence-electron chi connectivity index (χ3n) is 5.40. The second kappa shape index (κ2) is 5.83. The summed E-state index contributed by atoms with van der Waals surface area (Å²) in [6.07, 6.45) is 6.69. The molecule has 6 heteroatoms. The van der Waals surface area contributed by atoms with Gasteiger partial charge >= 0.3 is 0 Å². The van der Waals surface area contributed by atoms with Gasteiger partial charge in [-0.15, -0.1) is 0 Å². The highest BCUT2D eigenvalue weighted by atomic mass is 16.2. The number of aryl methyl sites for hydroxylation is 2. The number of H-pyrrole nitrogens is 1. The van der Waals surface area contributed by atoms with Crippen molar-refractivity contribution in [2.24, 2.45) is 5.73 Å². The predicted molar refractivity (Wildman–Crippen MR) is 86.2 cm³/mol. The summed E-state index contributed by atoms with van der Waals surface area (Å²) in [4.78, 5) is 41.4. The van der Waals surface area contributed by atoms with Crippen molar-refractivity contribution in [3.63, 3.8) is 0 Å². The molecule has 0 unspecified atom stereocenters. The highest BCUT2D eigenvalue weighted by Gasteiger charge is 2.45. The molecular weight excluding hydrogens is 294 g/mol. The lowest BCUT2D eigenvalue weighted by Gasteiger charge is -2.36. The summed E-state index contributed by atoms with van der Waals surface area (Å²) >= 11 is 0. The minimum atomic E-state index is -0.959. The number of aromatic amines is 1. The lowest BCUT2D eigenvalue weighted by atomic mass is 9.92. The van der Waals surface area contributed by atoms with Crippen molar-refractivity contribution in [3.05, 3.63) is 33.2 Å². The number of fused-ring (bicyclic) bond motifs is 1. The third kappa shape index (κ3) is 2.56. The van der Waals surface area contributed by atoms with Crippen molar-refractivity contribution in [1.82, 2.24) is 9.88 Å². The normalized spacial score (nSPS) is 19.2. The van der Waals surface area contributed by atoms with Gasteiger partial charge in [0.05, 0.1) is 0 Å². The molecule has 6 nitrogen and oxygen atoms in total. The Hall–Kier alpha value is -2.11. The topological polar surface area (TPSA) is 96.3 Å². The molecule has 2 amide bonds. The fourth-order valence-corrected chi connectivity index (χ4v) is 3.92. The Kier molecular flexibility index (Phi) is 4.00. The molecule has 3 N–H and O–H groups in total. The zero-order chi connectivity index (χ0) is 16.6. The molecular formula is C17H23N3O3. The first-order valence-electron chi connectivity index (χ1n) is 8.29. The van der Waals surface area contributed by atoms with Crippen LogP contribution in [0.5, 0.6) is 0 Å². The van der Waals surface area contributed by atoms with Crippen molar-refractivity contribution in [2.75, 3.05) is 7.05 Å². The molecule has 0 aliphatic heterocycles. The number of nitrogens with two attached hydrogens (primary N) is 1. The zero-order valence-electron chi connectivity index (χ0n) is 13.5. The maximum Gasteiger partial charge on any atom is 0.261 e. The summed E-state index contributed by atoms with van der Waals surface area (Å²) in [5.41, 5.74) is 6.33. The number of hydrogen-bond acceptors (Lipinski definition) is 3. The smallest absolute Gasteiger partial charge is 0.261 e. The number of carbonyl (C=O) groups excluding carboxylic acids is 2. The van der Waals surface area contributed by atoms with Crippen LogP contribution in [0.4, 0.5) is 0 Å². The molecule has 2 aliphatic rings. The summed E-state index contributed by atoms with van der Waals surface area (Å²) in [5.74, 6) is -0.902. The molecule has 124 valence electrons. The molecule has 0 bridgehead atoms. The SMILES string of the molecule is CN(C(=O)c1cc2c([nH]c1=O)CCCC2)C1(C(N)=O)CCCC1. The molecule has 1 aromatic heterocycles. The van der Waals surface area contributed by atoms with E-state index in [0.717, 1.165) is 49.8 Å². The van der Waals surface area contributed by atoms with E-state index in [1.807, 2.05) is 0 Å². The first-order valence-corrected chi connectivity index (χ1v) is 8.29. The first kappa shape index (κ1) is 15.8. The van der Waals surface area contributed by atoms with E-state index < -0.39 is 17.4 Å². The Labute approximate surface area is 135 Å². The average Bonchev–Trinajstić information content (AvgIpc) is 3.04. The monoisotopic (exact) mass is 317 g/mol. The van der Waals surface area contributed by atoms with Gasteiger partial charge in [0.25, 0.3) is 11.5 Å². The van der Waals surface area contributed by atoms with E-state index in [2.05, 4.69) is 4.98 Å². The number of likely N-dealkylation sites (N-methyl/N-ethyl adjacent to an activating group) is 1. The van der Waals surface area contributed by atoms with Crippen LogP contribution in [0.1, 0.15) is 60.1 Å². The number of amides is 2. The number of primary amides is 1. The minimum absolute atomic E-state index is 0.112. The van der Waals surface area contributed by atoms with E-state index >= 15 is 0 Å². The number of hydrogen-bond donors (Lipinski definition) is 2. The molecule has 1 aromatic rings. The predicted octanol–water partition coefficient (Wildman–Crippen LogP) is 1.12. The fourth-order valence-electron chi connectivity index (χ4n) is 3.92. The number of pyridine rings is 1. The molecule has 0 radical (unpaired) electrons. The summed E-state index contributed by atoms with van der Waals surface area (Å²) in [5, 5.41) is 0. The van der Waals surface area contributed by atoms with E-state index in [9.17, 15) is 14.4 Å². The van der Waals surface area contributed by atoms with Gasteiger partial charge in [0, 0.05) is 12.7 Å². The Balaban J connectivity index is 1.96. The van der Waals surface area contributed by atoms with Crippen molar-refractivity contribution in [3.8, 4) is 0 Å². The van der Waals surface area contributed by atoms with Crippen LogP contribution in [-0.2, 0) is 17.6 Å². The van der Waals surface area contributed by atoms with Crippen LogP contribution in [0.2, 0.25) is 0 Å². The molecule has 1 heterocycles. The van der Waals surface area contributed by atoms with Crippen LogP contribution in [-0.4, -0.2) is 34.3 Å². The fraction of sp³-hybridized carbons (Fsp3) is 0.588. The highest BCUT2D eigenvalue weighted by molar-refractivity contribution is 5.98. The summed E-state index contributed by atoms with van der Waals surface area (Å²) in [6.45, 7) is 0. The van der Waals surface area contributed by atoms with Gasteiger partial charge in [0.15, 0.2) is 0 Å². The molecule has 0 aromatic carbocycles. The van der Waals surface area contributed by atoms with Crippen LogP contribution < -0.4 is 11.3 Å². The Morgan fingerprint density at radius 3 is 2.48 bits per heavy atom. The van der Waals surface area contributed by atoms with Crippen molar-refractivity contribution >= 4 is 11.8 Å². The number of rotatable bonds is 3. The Bertz CT molecular complexity index is 702. The maximum atomic E-state index is 12.8. The highest BCUT2D eigenvalue weighted by Crippen LogP contribution is 2.35. The molecule has 1 saturated carbocycles. The van der Waals surface area contributed by atoms with Gasteiger partial charge in [0.1, 0.15) is 11.1 Å². The van der Waals surface area contributed by atoms with Crippen molar-refractivity contribution in [2.45, 2.75) is 56.9 Å². The van der Waals surface area contributed by atoms with Gasteiger partial charge in [0.2, 0.25) is 5.91 Å². The van der Waals surface area contributed by atoms with Gasteiger partial charge in [-0.05, 0) is 50.2 Å². The van der Waals surface area contributed by atoms with E-state index in [4.69, 9.17) is 5.73 Å². The van der Waals surface area contributed by atoms with E-state index in [-0.39, 0.29) is 11.1 Å². The first-order chi connectivity index (χ1) is 11.0. The second-order valence-electron chi connectivity index (χ2n) is 6.69. The van der Waals surface area contributed by atoms with Crippen LogP contribution in [0.3, 0.4) is 0 Å². The van der Waals surface area contributed by atoms with E-state index in [1.165, 1.54) is 4.90 Å². The number of aromatic nitrogens is 1. The van der Waals surface area contributed by atoms with Crippen LogP contribution in [0.25, 0.3) is 0 Å². The van der Waals surface area contributed by atoms with Gasteiger partial charge in [-0.25, -0.2) is 0 Å². The number of nitrogens with zero attached hydrogens (tertiary/aromatic N) is 1. The van der Waals surface area contributed by atoms with Gasteiger partial charge < -0.3 is 15.6 Å². The van der Waals surface area contributed by atoms with Crippen molar-refractivity contribution < 1.29 is 9.59 Å². The number of nitrogens with one attached hydrogen (secondary N) is 1. The van der Waals surface area contributed by atoms with E-state index in [0.29, 0.717) is 12.8 Å². The van der Waals surface area contributed by atoms with Crippen LogP contribution in [0.15, 0.2) is 10.9 Å². The molecule has 0 saturated heterocycles. The largest absolute Gasteiger partial charge is 0.368 e. The summed E-state index contributed by atoms with van der Waals surface area (Å²) in [6, 6.07) is 1.70. The molecule has 0 atom stereocenters. The molecule has 2 aliphatic carbocycles. The molecule has 0 spiro atoms. The Morgan fingerprint density at radius 1 is 1.17 bits per heavy atom. The van der Waals surface area contributed by atoms with Gasteiger partial charge in [-0.2, -0.15) is 0 Å². The van der Waals surface area contributed by atoms with Crippen molar-refractivity contribution in [1.29, 1.82) is 0 Å². The van der Waals surface area contributed by atoms with Crippen LogP contribution in [0, 0.1) is 0 Å². The quantitative estimate of drug-likeness (QED) is 0.874. The second-order valence-corrected chi connectivity index (χ2v) is 6.69. The molecule has 23 heavy (non-hydrogen) atoms. The van der Waals surface area contributed by atoms with Gasteiger partial charge in [-0.1, -0.05) is 12.8 Å². The maximum absolute atomic E-state index is 12.8. The summed E-state index contributed by atoms with van der Waals surface area (Å²) in [7, 11) is 1.58. The standard InChI is InChI=1S/C17H23N3O3/c1-20(17(16(18)23)8-4-5-9-17)15(22)12-10-11-6-2-3-7-13(11)19-14(12)21/h10H,2-9H2,1H3,(H2,18,23)(H,19,21). The Morgan fingerprint density at radius 2 is 1.83 bits per heavy atom. The summed E-state index contributed by atoms with van der Waals surface area (Å²) < 4.78 is 0.